The summed E-state index contributed by atoms with van der Waals surface area (Å²) in [6.07, 6.45) is 0.0382. The first-order valence-electron chi connectivity index (χ1n) is 2.88. The van der Waals surface area contributed by atoms with Crippen molar-refractivity contribution in [1.82, 2.24) is 0 Å². The van der Waals surface area contributed by atoms with Gasteiger partial charge in [-0.05, 0) is 0 Å². The van der Waals surface area contributed by atoms with Gasteiger partial charge in [-0.15, -0.1) is 0 Å². The van der Waals surface area contributed by atoms with Crippen molar-refractivity contribution in [3.05, 3.63) is 0 Å². The third-order valence-corrected chi connectivity index (χ3v) is 1.08. The topological polar surface area (TPSA) is 73.9 Å². The summed E-state index contributed by atoms with van der Waals surface area (Å²) in [6.45, 7) is 1.17. The van der Waals surface area contributed by atoms with Crippen LogP contribution in [0.5, 0.6) is 0 Å². The quantitative estimate of drug-likeness (QED) is 0.516. The van der Waals surface area contributed by atoms with E-state index in [0.717, 1.165) is 0 Å². The average Bonchev–Trinajstić information content (AvgIpc) is 2.40. The lowest BCUT2D eigenvalue weighted by molar-refractivity contribution is -0.142. The zero-order valence-electron chi connectivity index (χ0n) is 5.37. The molecule has 2 N–H and O–H groups in total. The molecule has 1 rings (SSSR count). The summed E-state index contributed by atoms with van der Waals surface area (Å²) in [5.41, 5.74) is 0. The zero-order chi connectivity index (χ0) is 7.40. The Balaban J connectivity index is 2.30. The Labute approximate surface area is 57.8 Å². The highest BCUT2D eigenvalue weighted by atomic mass is 16.7. The molecule has 0 saturated carbocycles. The molecule has 1 aliphatic heterocycles. The lowest BCUT2D eigenvalue weighted by Gasteiger charge is -1.97. The third-order valence-electron chi connectivity index (χ3n) is 1.08. The molecule has 0 bridgehead atoms. The first-order chi connectivity index (χ1) is 4.83. The minimum absolute atomic E-state index is 0.0382. The maximum atomic E-state index is 10.5. The van der Waals surface area contributed by atoms with Crippen LogP contribution in [0.2, 0.25) is 0 Å². The first-order valence-corrected chi connectivity index (χ1v) is 2.88. The smallest absolute Gasteiger partial charge is 0.333 e. The van der Waals surface area contributed by atoms with Crippen LogP contribution in [0.3, 0.4) is 0 Å². The molecule has 56 valence electrons. The van der Waals surface area contributed by atoms with Crippen molar-refractivity contribution < 1.29 is 14.4 Å². The Bertz CT molecular complexity index is 166. The molecular weight excluding hydrogens is 136 g/mol. The number of hydrogen-bond donors (Lipinski definition) is 1. The maximum Gasteiger partial charge on any atom is 0.333 e. The van der Waals surface area contributed by atoms with Crippen LogP contribution in [-0.4, -0.2) is 25.0 Å². The van der Waals surface area contributed by atoms with E-state index in [0.29, 0.717) is 19.0 Å². The normalized spacial score (nSPS) is 15.9. The van der Waals surface area contributed by atoms with E-state index in [1.165, 1.54) is 0 Å². The second-order valence-electron chi connectivity index (χ2n) is 1.79. The van der Waals surface area contributed by atoms with E-state index in [-0.39, 0.29) is 6.42 Å². The fourth-order valence-corrected chi connectivity index (χ4v) is 0.652. The van der Waals surface area contributed by atoms with Crippen LogP contribution in [0.15, 0.2) is 4.99 Å². The van der Waals surface area contributed by atoms with Crippen molar-refractivity contribution in [2.24, 2.45) is 10.9 Å². The van der Waals surface area contributed by atoms with Gasteiger partial charge < -0.3 is 9.57 Å². The molecule has 0 atom stereocenters. The first kappa shape index (κ1) is 7.01. The molecule has 10 heavy (non-hydrogen) atoms. The van der Waals surface area contributed by atoms with Crippen molar-refractivity contribution in [1.29, 1.82) is 0 Å². The summed E-state index contributed by atoms with van der Waals surface area (Å²) in [7, 11) is 0. The molecule has 0 aliphatic carbocycles. The Morgan fingerprint density at radius 1 is 1.90 bits per heavy atom. The number of carbonyl (C=O) groups excluding carboxylic acids is 1. The summed E-state index contributed by atoms with van der Waals surface area (Å²) in [5.74, 6) is 4.48. The molecule has 0 radical (unpaired) electrons. The molecule has 0 aromatic heterocycles. The number of nitrogens with two attached hydrogens (primary N) is 1. The molecular formula is C5H8N2O3. The number of nitrogens with zero attached hydrogens (tertiary/aromatic N) is 1. The largest absolute Gasteiger partial charge is 0.479 e. The third kappa shape index (κ3) is 1.70. The Kier molecular flexibility index (Phi) is 2.22. The number of ether oxygens (including phenoxy) is 1. The van der Waals surface area contributed by atoms with Gasteiger partial charge in [-0.2, -0.15) is 5.90 Å². The van der Waals surface area contributed by atoms with Crippen LogP contribution in [0, 0.1) is 0 Å². The molecule has 0 spiro atoms. The van der Waals surface area contributed by atoms with Gasteiger partial charge >= 0.3 is 5.97 Å². The van der Waals surface area contributed by atoms with E-state index in [9.17, 15) is 4.79 Å². The molecule has 0 aromatic rings. The summed E-state index contributed by atoms with van der Waals surface area (Å²) in [5, 5.41) is 0. The number of rotatable bonds is 2. The molecule has 0 fully saturated rings. The lowest BCUT2D eigenvalue weighted by atomic mass is 10.4. The van der Waals surface area contributed by atoms with Crippen LogP contribution in [0.4, 0.5) is 0 Å². The van der Waals surface area contributed by atoms with Crippen molar-refractivity contribution >= 4 is 11.9 Å². The van der Waals surface area contributed by atoms with Gasteiger partial charge in [0.2, 0.25) is 0 Å². The van der Waals surface area contributed by atoms with Gasteiger partial charge in [0.15, 0.2) is 5.90 Å². The standard InChI is InChI=1S/C5H8N2O3/c6-10-5(8)3-4-7-1-2-9-4/h1-3,6H2. The van der Waals surface area contributed by atoms with E-state index in [2.05, 4.69) is 15.7 Å². The van der Waals surface area contributed by atoms with E-state index < -0.39 is 5.97 Å². The second-order valence-corrected chi connectivity index (χ2v) is 1.79. The minimum Gasteiger partial charge on any atom is -0.479 e. The number of aliphatic imine (C=N–C) groups is 1. The van der Waals surface area contributed by atoms with Crippen LogP contribution in [0.25, 0.3) is 0 Å². The Morgan fingerprint density at radius 3 is 3.20 bits per heavy atom. The van der Waals surface area contributed by atoms with Gasteiger partial charge in [0.1, 0.15) is 13.0 Å². The fourth-order valence-electron chi connectivity index (χ4n) is 0.652. The minimum atomic E-state index is -0.527. The van der Waals surface area contributed by atoms with Crippen molar-refractivity contribution in [3.8, 4) is 0 Å². The van der Waals surface area contributed by atoms with Gasteiger partial charge in [0, 0.05) is 0 Å². The molecule has 0 unspecified atom stereocenters. The van der Waals surface area contributed by atoms with Gasteiger partial charge in [0.25, 0.3) is 0 Å². The van der Waals surface area contributed by atoms with E-state index in [1.807, 2.05) is 0 Å². The van der Waals surface area contributed by atoms with E-state index >= 15 is 0 Å². The molecule has 0 aromatic carbocycles. The summed E-state index contributed by atoms with van der Waals surface area (Å²) < 4.78 is 4.92. The highest BCUT2D eigenvalue weighted by Gasteiger charge is 2.12. The molecule has 1 aliphatic rings. The predicted molar refractivity (Wildman–Crippen MR) is 33.2 cm³/mol. The van der Waals surface area contributed by atoms with Gasteiger partial charge in [-0.25, -0.2) is 4.79 Å². The van der Waals surface area contributed by atoms with Crippen LogP contribution < -0.4 is 5.90 Å². The monoisotopic (exact) mass is 144 g/mol. The Morgan fingerprint density at radius 2 is 2.70 bits per heavy atom. The zero-order valence-corrected chi connectivity index (χ0v) is 5.37. The number of hydrogen-bond acceptors (Lipinski definition) is 5. The molecule has 0 saturated heterocycles. The van der Waals surface area contributed by atoms with Crippen molar-refractivity contribution in [2.45, 2.75) is 6.42 Å². The summed E-state index contributed by atoms with van der Waals surface area (Å²) in [4.78, 5) is 18.2. The van der Waals surface area contributed by atoms with E-state index in [4.69, 9.17) is 4.74 Å². The summed E-state index contributed by atoms with van der Waals surface area (Å²) >= 11 is 0. The van der Waals surface area contributed by atoms with Crippen LogP contribution >= 0.6 is 0 Å². The van der Waals surface area contributed by atoms with E-state index in [1.54, 1.807) is 0 Å². The molecule has 5 nitrogen and oxygen atoms in total. The van der Waals surface area contributed by atoms with Crippen molar-refractivity contribution in [3.63, 3.8) is 0 Å². The number of carbonyl (C=O) groups is 1. The van der Waals surface area contributed by atoms with Crippen molar-refractivity contribution in [2.75, 3.05) is 13.2 Å². The van der Waals surface area contributed by atoms with Crippen LogP contribution in [0.1, 0.15) is 6.42 Å². The molecule has 5 heteroatoms. The fraction of sp³-hybridized carbons (Fsp3) is 0.600. The Hall–Kier alpha value is -1.10. The highest BCUT2D eigenvalue weighted by molar-refractivity contribution is 5.94. The summed E-state index contributed by atoms with van der Waals surface area (Å²) in [6, 6.07) is 0. The molecule has 0 amide bonds. The maximum absolute atomic E-state index is 10.5. The SMILES string of the molecule is NOC(=O)CC1=NCCO1. The van der Waals surface area contributed by atoms with Gasteiger partial charge in [-0.1, -0.05) is 0 Å². The lowest BCUT2D eigenvalue weighted by Crippen LogP contribution is -2.14. The highest BCUT2D eigenvalue weighted by Crippen LogP contribution is 1.98. The second kappa shape index (κ2) is 3.17. The predicted octanol–water partition coefficient (Wildman–Crippen LogP) is -0.778. The molecule has 1 heterocycles. The average molecular weight is 144 g/mol. The van der Waals surface area contributed by atoms with Gasteiger partial charge in [-0.3, -0.25) is 4.99 Å². The van der Waals surface area contributed by atoms with Gasteiger partial charge in [0.05, 0.1) is 6.54 Å². The van der Waals surface area contributed by atoms with Crippen LogP contribution in [-0.2, 0) is 14.4 Å².